The lowest BCUT2D eigenvalue weighted by molar-refractivity contribution is 0.609. The van der Waals surface area contributed by atoms with Crippen LogP contribution >= 0.6 is 0 Å². The average molecular weight is 182 g/mol. The molecule has 1 N–H and O–H groups in total. The molecule has 0 atom stereocenters. The normalized spacial score (nSPS) is 18.0. The van der Waals surface area contributed by atoms with Crippen LogP contribution in [-0.4, -0.2) is 13.4 Å². The SMILES string of the molecule is O=S1(=O)C=Cc2cnccc2N1. The van der Waals surface area contributed by atoms with E-state index in [2.05, 4.69) is 9.71 Å². The van der Waals surface area contributed by atoms with Crippen molar-refractivity contribution in [3.05, 3.63) is 29.4 Å². The molecule has 0 unspecified atom stereocenters. The highest BCUT2D eigenvalue weighted by atomic mass is 32.2. The van der Waals surface area contributed by atoms with Gasteiger partial charge in [-0.3, -0.25) is 9.71 Å². The Labute approximate surface area is 70.0 Å². The van der Waals surface area contributed by atoms with Gasteiger partial charge in [0.2, 0.25) is 0 Å². The fourth-order valence-corrected chi connectivity index (χ4v) is 1.87. The summed E-state index contributed by atoms with van der Waals surface area (Å²) in [5.74, 6) is 0. The van der Waals surface area contributed by atoms with Crippen LogP contribution in [0.2, 0.25) is 0 Å². The Hall–Kier alpha value is -1.36. The van der Waals surface area contributed by atoms with Crippen LogP contribution in [0.25, 0.3) is 6.08 Å². The molecule has 5 heteroatoms. The summed E-state index contributed by atoms with van der Waals surface area (Å²) in [6, 6.07) is 1.62. The highest BCUT2D eigenvalue weighted by molar-refractivity contribution is 7.95. The van der Waals surface area contributed by atoms with Crippen molar-refractivity contribution in [1.29, 1.82) is 0 Å². The standard InChI is InChI=1S/C7H6N2O2S/c10-12(11)4-2-6-5-8-3-1-7(6)9-12/h1-5,9H. The first-order valence-electron chi connectivity index (χ1n) is 3.32. The van der Waals surface area contributed by atoms with Crippen molar-refractivity contribution in [1.82, 2.24) is 4.98 Å². The van der Waals surface area contributed by atoms with Crippen LogP contribution < -0.4 is 4.72 Å². The lowest BCUT2D eigenvalue weighted by atomic mass is 10.2. The van der Waals surface area contributed by atoms with E-state index in [1.54, 1.807) is 18.5 Å². The summed E-state index contributed by atoms with van der Waals surface area (Å²) < 4.78 is 24.4. The predicted molar refractivity (Wildman–Crippen MR) is 45.8 cm³/mol. The number of pyridine rings is 1. The Morgan fingerprint density at radius 3 is 3.08 bits per heavy atom. The maximum absolute atomic E-state index is 11.0. The van der Waals surface area contributed by atoms with Crippen LogP contribution in [0, 0.1) is 0 Å². The van der Waals surface area contributed by atoms with Crippen LogP contribution in [0.5, 0.6) is 0 Å². The smallest absolute Gasteiger partial charge is 0.255 e. The molecule has 12 heavy (non-hydrogen) atoms. The first kappa shape index (κ1) is 7.30. The van der Waals surface area contributed by atoms with Gasteiger partial charge in [-0.1, -0.05) is 0 Å². The topological polar surface area (TPSA) is 59.1 Å². The summed E-state index contributed by atoms with van der Waals surface area (Å²) in [6.07, 6.45) is 4.67. The molecule has 2 rings (SSSR count). The molecule has 0 fully saturated rings. The van der Waals surface area contributed by atoms with E-state index in [0.717, 1.165) is 11.0 Å². The van der Waals surface area contributed by atoms with Gasteiger partial charge in [-0.25, -0.2) is 8.42 Å². The highest BCUT2D eigenvalue weighted by Gasteiger charge is 2.12. The van der Waals surface area contributed by atoms with E-state index < -0.39 is 10.0 Å². The van der Waals surface area contributed by atoms with E-state index in [9.17, 15) is 8.42 Å². The molecule has 0 radical (unpaired) electrons. The molecule has 0 saturated heterocycles. The lowest BCUT2D eigenvalue weighted by Crippen LogP contribution is -2.12. The predicted octanol–water partition coefficient (Wildman–Crippen LogP) is 0.808. The van der Waals surface area contributed by atoms with Gasteiger partial charge < -0.3 is 0 Å². The second-order valence-electron chi connectivity index (χ2n) is 2.41. The number of hydrogen-bond acceptors (Lipinski definition) is 3. The fraction of sp³-hybridized carbons (Fsp3) is 0. The van der Waals surface area contributed by atoms with Crippen molar-refractivity contribution < 1.29 is 8.42 Å². The van der Waals surface area contributed by atoms with Gasteiger partial charge in [0.05, 0.1) is 11.1 Å². The van der Waals surface area contributed by atoms with Gasteiger partial charge in [0.25, 0.3) is 10.0 Å². The maximum Gasteiger partial charge on any atom is 0.255 e. The Balaban J connectivity index is 2.61. The molecule has 62 valence electrons. The number of hydrogen-bond donors (Lipinski definition) is 1. The largest absolute Gasteiger partial charge is 0.279 e. The van der Waals surface area contributed by atoms with E-state index in [1.807, 2.05) is 0 Å². The minimum absolute atomic E-state index is 0.576. The van der Waals surface area contributed by atoms with Gasteiger partial charge in [-0.05, 0) is 12.1 Å². The third-order valence-corrected chi connectivity index (χ3v) is 2.53. The van der Waals surface area contributed by atoms with Gasteiger partial charge in [-0.2, -0.15) is 0 Å². The molecule has 1 aliphatic rings. The summed E-state index contributed by atoms with van der Waals surface area (Å²) in [5.41, 5.74) is 1.36. The number of rotatable bonds is 0. The molecule has 0 bridgehead atoms. The third-order valence-electron chi connectivity index (χ3n) is 1.53. The van der Waals surface area contributed by atoms with Crippen molar-refractivity contribution in [3.8, 4) is 0 Å². The summed E-state index contributed by atoms with van der Waals surface area (Å²) >= 11 is 0. The number of fused-ring (bicyclic) bond motifs is 1. The quantitative estimate of drug-likeness (QED) is 0.645. The molecule has 0 spiro atoms. The number of aromatic nitrogens is 1. The van der Waals surface area contributed by atoms with Crippen LogP contribution in [0.1, 0.15) is 5.56 Å². The van der Waals surface area contributed by atoms with E-state index in [4.69, 9.17) is 0 Å². The van der Waals surface area contributed by atoms with Crippen molar-refractivity contribution in [3.63, 3.8) is 0 Å². The Bertz CT molecular complexity index is 436. The highest BCUT2D eigenvalue weighted by Crippen LogP contribution is 2.21. The Morgan fingerprint density at radius 2 is 2.25 bits per heavy atom. The van der Waals surface area contributed by atoms with Crippen LogP contribution in [0.4, 0.5) is 5.69 Å². The van der Waals surface area contributed by atoms with Gasteiger partial charge in [0, 0.05) is 18.0 Å². The maximum atomic E-state index is 11.0. The van der Waals surface area contributed by atoms with Gasteiger partial charge in [-0.15, -0.1) is 0 Å². The van der Waals surface area contributed by atoms with Gasteiger partial charge >= 0.3 is 0 Å². The van der Waals surface area contributed by atoms with Crippen LogP contribution in [0.15, 0.2) is 23.9 Å². The number of nitrogens with one attached hydrogen (secondary N) is 1. The molecule has 1 aromatic rings. The first-order valence-corrected chi connectivity index (χ1v) is 4.87. The zero-order valence-corrected chi connectivity index (χ0v) is 6.88. The van der Waals surface area contributed by atoms with Crippen LogP contribution in [-0.2, 0) is 10.0 Å². The molecular formula is C7H6N2O2S. The molecule has 0 saturated carbocycles. The fourth-order valence-electron chi connectivity index (χ4n) is 0.983. The number of nitrogens with zero attached hydrogens (tertiary/aromatic N) is 1. The molecule has 0 aromatic carbocycles. The molecule has 0 amide bonds. The lowest BCUT2D eigenvalue weighted by Gasteiger charge is -2.11. The van der Waals surface area contributed by atoms with Crippen molar-refractivity contribution in [2.24, 2.45) is 0 Å². The number of sulfonamides is 1. The molecule has 1 aromatic heterocycles. The van der Waals surface area contributed by atoms with E-state index in [-0.39, 0.29) is 0 Å². The van der Waals surface area contributed by atoms with Gasteiger partial charge in [0.1, 0.15) is 0 Å². The van der Waals surface area contributed by atoms with E-state index >= 15 is 0 Å². The zero-order valence-electron chi connectivity index (χ0n) is 6.06. The molecular weight excluding hydrogens is 176 g/mol. The minimum atomic E-state index is -3.25. The zero-order chi connectivity index (χ0) is 8.60. The van der Waals surface area contributed by atoms with E-state index in [0.29, 0.717) is 5.69 Å². The first-order chi connectivity index (χ1) is 5.67. The summed E-state index contributed by atoms with van der Waals surface area (Å²) in [7, 11) is -3.25. The number of anilines is 1. The minimum Gasteiger partial charge on any atom is -0.279 e. The second-order valence-corrected chi connectivity index (χ2v) is 3.98. The summed E-state index contributed by atoms with van der Waals surface area (Å²) in [6.45, 7) is 0. The molecule has 1 aliphatic heterocycles. The molecule has 2 heterocycles. The van der Waals surface area contributed by atoms with Crippen molar-refractivity contribution in [2.45, 2.75) is 0 Å². The van der Waals surface area contributed by atoms with Crippen LogP contribution in [0.3, 0.4) is 0 Å². The van der Waals surface area contributed by atoms with E-state index in [1.165, 1.54) is 6.08 Å². The molecule has 4 nitrogen and oxygen atoms in total. The van der Waals surface area contributed by atoms with Crippen molar-refractivity contribution in [2.75, 3.05) is 4.72 Å². The monoisotopic (exact) mass is 182 g/mol. The Kier molecular flexibility index (Phi) is 1.41. The average Bonchev–Trinajstić information content (AvgIpc) is 2.02. The summed E-state index contributed by atoms with van der Waals surface area (Å²) in [4.78, 5) is 3.86. The Morgan fingerprint density at radius 1 is 1.42 bits per heavy atom. The second kappa shape index (κ2) is 2.31. The van der Waals surface area contributed by atoms with Crippen molar-refractivity contribution >= 4 is 21.8 Å². The summed E-state index contributed by atoms with van der Waals surface area (Å²) in [5, 5.41) is 1.12. The van der Waals surface area contributed by atoms with Gasteiger partial charge in [0.15, 0.2) is 0 Å². The third kappa shape index (κ3) is 1.18. The molecule has 0 aliphatic carbocycles.